The van der Waals surface area contributed by atoms with Gasteiger partial charge in [0.05, 0.1) is 11.4 Å². The number of likely N-dealkylation sites (N-methyl/N-ethyl adjacent to an activating group) is 1. The summed E-state index contributed by atoms with van der Waals surface area (Å²) in [6.45, 7) is 3.07. The van der Waals surface area contributed by atoms with Crippen LogP contribution in [-0.4, -0.2) is 44.2 Å². The SMILES string of the molecule is CC(=O)N1c2ccc(S(=O)(=O)N(C)CC(=O)Nc3ccc(Cl)cc3)cc2C[C@H]1C. The van der Waals surface area contributed by atoms with E-state index < -0.39 is 15.9 Å². The molecule has 154 valence electrons. The topological polar surface area (TPSA) is 86.8 Å². The molecular formula is C20H22ClN3O4S. The van der Waals surface area contributed by atoms with Crippen LogP contribution in [0, 0.1) is 0 Å². The average molecular weight is 436 g/mol. The standard InChI is InChI=1S/C20H22ClN3O4S/c1-13-10-15-11-18(8-9-19(15)24(13)14(2)25)29(27,28)23(3)12-20(26)22-17-6-4-16(21)5-7-17/h4-9,11,13H,10,12H2,1-3H3,(H,22,26)/t13-/m1/s1. The van der Waals surface area contributed by atoms with Crippen molar-refractivity contribution >= 4 is 44.8 Å². The molecule has 0 bridgehead atoms. The fraction of sp³-hybridized carbons (Fsp3) is 0.300. The highest BCUT2D eigenvalue weighted by atomic mass is 35.5. The van der Waals surface area contributed by atoms with E-state index in [1.807, 2.05) is 6.92 Å². The molecule has 1 aliphatic rings. The van der Waals surface area contributed by atoms with Crippen LogP contribution in [-0.2, 0) is 26.0 Å². The van der Waals surface area contributed by atoms with Gasteiger partial charge in [-0.2, -0.15) is 4.31 Å². The first kappa shape index (κ1) is 21.3. The van der Waals surface area contributed by atoms with Gasteiger partial charge < -0.3 is 10.2 Å². The molecule has 2 aromatic rings. The van der Waals surface area contributed by atoms with Crippen LogP contribution in [0.1, 0.15) is 19.4 Å². The normalized spacial score (nSPS) is 16.0. The second-order valence-electron chi connectivity index (χ2n) is 7.05. The number of hydrogen-bond donors (Lipinski definition) is 1. The minimum Gasteiger partial charge on any atom is -0.325 e. The lowest BCUT2D eigenvalue weighted by Gasteiger charge is -2.21. The minimum absolute atomic E-state index is 0.0247. The van der Waals surface area contributed by atoms with E-state index in [2.05, 4.69) is 5.32 Å². The number of sulfonamides is 1. The molecule has 2 aromatic carbocycles. The Balaban J connectivity index is 1.75. The second-order valence-corrected chi connectivity index (χ2v) is 9.53. The summed E-state index contributed by atoms with van der Waals surface area (Å²) in [4.78, 5) is 25.8. The maximum Gasteiger partial charge on any atom is 0.243 e. The largest absolute Gasteiger partial charge is 0.325 e. The van der Waals surface area contributed by atoms with E-state index in [0.717, 1.165) is 15.6 Å². The Labute approximate surface area is 175 Å². The first-order valence-electron chi connectivity index (χ1n) is 9.04. The van der Waals surface area contributed by atoms with Gasteiger partial charge in [0.15, 0.2) is 0 Å². The lowest BCUT2D eigenvalue weighted by molar-refractivity contribution is -0.117. The van der Waals surface area contributed by atoms with Crippen LogP contribution in [0.15, 0.2) is 47.4 Å². The van der Waals surface area contributed by atoms with Gasteiger partial charge in [-0.05, 0) is 61.4 Å². The first-order chi connectivity index (χ1) is 13.6. The number of rotatable bonds is 5. The molecule has 0 aromatic heterocycles. The van der Waals surface area contributed by atoms with Crippen LogP contribution in [0.25, 0.3) is 0 Å². The molecular weight excluding hydrogens is 414 g/mol. The van der Waals surface area contributed by atoms with Gasteiger partial charge in [0, 0.05) is 36.4 Å². The van der Waals surface area contributed by atoms with E-state index in [-0.39, 0.29) is 23.4 Å². The number of amides is 2. The highest BCUT2D eigenvalue weighted by Gasteiger charge is 2.31. The van der Waals surface area contributed by atoms with Crippen LogP contribution in [0.4, 0.5) is 11.4 Å². The van der Waals surface area contributed by atoms with Crippen molar-refractivity contribution in [1.82, 2.24) is 4.31 Å². The van der Waals surface area contributed by atoms with Crippen molar-refractivity contribution in [2.75, 3.05) is 23.8 Å². The van der Waals surface area contributed by atoms with Crippen molar-refractivity contribution in [1.29, 1.82) is 0 Å². The summed E-state index contributed by atoms with van der Waals surface area (Å²) >= 11 is 5.81. The molecule has 9 heteroatoms. The predicted octanol–water partition coefficient (Wildman–Crippen LogP) is 2.90. The molecule has 2 amide bonds. The van der Waals surface area contributed by atoms with E-state index >= 15 is 0 Å². The van der Waals surface area contributed by atoms with Gasteiger partial charge in [0.1, 0.15) is 0 Å². The van der Waals surface area contributed by atoms with E-state index in [4.69, 9.17) is 11.6 Å². The lowest BCUT2D eigenvalue weighted by Crippen LogP contribution is -2.35. The zero-order valence-corrected chi connectivity index (χ0v) is 17.9. The van der Waals surface area contributed by atoms with Crippen molar-refractivity contribution in [2.24, 2.45) is 0 Å². The number of nitrogens with zero attached hydrogens (tertiary/aromatic N) is 2. The van der Waals surface area contributed by atoms with Gasteiger partial charge in [-0.15, -0.1) is 0 Å². The Morgan fingerprint density at radius 1 is 1.21 bits per heavy atom. The summed E-state index contributed by atoms with van der Waals surface area (Å²) in [6.07, 6.45) is 0.582. The van der Waals surface area contributed by atoms with Crippen LogP contribution >= 0.6 is 11.6 Å². The molecule has 1 heterocycles. The summed E-state index contributed by atoms with van der Waals surface area (Å²) < 4.78 is 26.8. The highest BCUT2D eigenvalue weighted by Crippen LogP contribution is 2.34. The number of hydrogen-bond acceptors (Lipinski definition) is 4. The van der Waals surface area contributed by atoms with Gasteiger partial charge in [-0.3, -0.25) is 9.59 Å². The van der Waals surface area contributed by atoms with E-state index in [1.54, 1.807) is 41.3 Å². The molecule has 3 rings (SSSR count). The summed E-state index contributed by atoms with van der Waals surface area (Å²) in [5.41, 5.74) is 2.06. The molecule has 1 atom stereocenters. The Morgan fingerprint density at radius 2 is 1.86 bits per heavy atom. The number of anilines is 2. The highest BCUT2D eigenvalue weighted by molar-refractivity contribution is 7.89. The summed E-state index contributed by atoms with van der Waals surface area (Å²) in [5, 5.41) is 3.18. The Morgan fingerprint density at radius 3 is 2.48 bits per heavy atom. The zero-order chi connectivity index (χ0) is 21.3. The molecule has 0 radical (unpaired) electrons. The van der Waals surface area contributed by atoms with Crippen molar-refractivity contribution in [3.8, 4) is 0 Å². The third-order valence-electron chi connectivity index (χ3n) is 4.81. The lowest BCUT2D eigenvalue weighted by atomic mass is 10.1. The third-order valence-corrected chi connectivity index (χ3v) is 6.86. The van der Waals surface area contributed by atoms with Crippen molar-refractivity contribution in [3.05, 3.63) is 53.1 Å². The Hall–Kier alpha value is -2.42. The zero-order valence-electron chi connectivity index (χ0n) is 16.3. The smallest absolute Gasteiger partial charge is 0.243 e. The molecule has 29 heavy (non-hydrogen) atoms. The number of benzene rings is 2. The molecule has 0 saturated carbocycles. The van der Waals surface area contributed by atoms with Crippen LogP contribution in [0.3, 0.4) is 0 Å². The molecule has 7 nitrogen and oxygen atoms in total. The number of carbonyl (C=O) groups is 2. The van der Waals surface area contributed by atoms with Crippen LogP contribution < -0.4 is 10.2 Å². The van der Waals surface area contributed by atoms with E-state index in [0.29, 0.717) is 17.1 Å². The summed E-state index contributed by atoms with van der Waals surface area (Å²) in [5.74, 6) is -0.543. The number of halogens is 1. The number of fused-ring (bicyclic) bond motifs is 1. The molecule has 0 fully saturated rings. The van der Waals surface area contributed by atoms with Gasteiger partial charge in [0.2, 0.25) is 21.8 Å². The quantitative estimate of drug-likeness (QED) is 0.782. The summed E-state index contributed by atoms with van der Waals surface area (Å²) in [7, 11) is -2.51. The van der Waals surface area contributed by atoms with Gasteiger partial charge >= 0.3 is 0 Å². The average Bonchev–Trinajstić information content (AvgIpc) is 2.98. The maximum atomic E-state index is 12.9. The van der Waals surface area contributed by atoms with Gasteiger partial charge in [0.25, 0.3) is 0 Å². The fourth-order valence-electron chi connectivity index (χ4n) is 3.45. The molecule has 1 N–H and O–H groups in total. The summed E-state index contributed by atoms with van der Waals surface area (Å²) in [6, 6.07) is 11.2. The Bertz CT molecular complexity index is 1050. The third kappa shape index (κ3) is 4.44. The molecule has 0 aliphatic carbocycles. The predicted molar refractivity (Wildman–Crippen MR) is 113 cm³/mol. The van der Waals surface area contributed by atoms with E-state index in [9.17, 15) is 18.0 Å². The molecule has 0 spiro atoms. The van der Waals surface area contributed by atoms with Gasteiger partial charge in [-0.1, -0.05) is 11.6 Å². The van der Waals surface area contributed by atoms with Crippen LogP contribution in [0.5, 0.6) is 0 Å². The van der Waals surface area contributed by atoms with Crippen molar-refractivity contribution < 1.29 is 18.0 Å². The van der Waals surface area contributed by atoms with Gasteiger partial charge in [-0.25, -0.2) is 8.42 Å². The molecule has 0 unspecified atom stereocenters. The van der Waals surface area contributed by atoms with Crippen molar-refractivity contribution in [2.45, 2.75) is 31.2 Å². The second kappa shape index (κ2) is 8.14. The minimum atomic E-state index is -3.86. The maximum absolute atomic E-state index is 12.9. The van der Waals surface area contributed by atoms with Crippen LogP contribution in [0.2, 0.25) is 5.02 Å². The monoisotopic (exact) mass is 435 g/mol. The fourth-order valence-corrected chi connectivity index (χ4v) is 4.75. The first-order valence-corrected chi connectivity index (χ1v) is 10.9. The number of nitrogens with one attached hydrogen (secondary N) is 1. The molecule has 0 saturated heterocycles. The van der Waals surface area contributed by atoms with Crippen molar-refractivity contribution in [3.63, 3.8) is 0 Å². The van der Waals surface area contributed by atoms with E-state index in [1.165, 1.54) is 20.0 Å². The number of carbonyl (C=O) groups excluding carboxylic acids is 2. The Kier molecular flexibility index (Phi) is 5.97. The molecule has 1 aliphatic heterocycles.